The maximum absolute atomic E-state index is 12.2. The molecular weight excluding hydrogens is 584 g/mol. The molecule has 47 heavy (non-hydrogen) atoms. The summed E-state index contributed by atoms with van der Waals surface area (Å²) in [5, 5.41) is 0. The van der Waals surface area contributed by atoms with Crippen molar-refractivity contribution in [2.75, 3.05) is 13.2 Å². The van der Waals surface area contributed by atoms with Gasteiger partial charge < -0.3 is 9.47 Å². The molecule has 2 heterocycles. The van der Waals surface area contributed by atoms with Gasteiger partial charge in [0.25, 0.3) is 0 Å². The highest BCUT2D eigenvalue weighted by Crippen LogP contribution is 2.12. The van der Waals surface area contributed by atoms with Gasteiger partial charge in [0.15, 0.2) is 24.8 Å². The molecular formula is C41H68N2O4+2. The second-order valence-electron chi connectivity index (χ2n) is 13.4. The van der Waals surface area contributed by atoms with Gasteiger partial charge in [0.2, 0.25) is 13.1 Å². The van der Waals surface area contributed by atoms with Crippen molar-refractivity contribution < 1.29 is 28.2 Å². The van der Waals surface area contributed by atoms with Gasteiger partial charge in [-0.15, -0.1) is 0 Å². The Balaban J connectivity index is 1.48. The standard InChI is InChI=1S/C41H68N2O4/c1-3-5-7-9-11-13-15-17-19-21-34-46-40(44)36-42-30-26-38(27-31-42)24-23-25-39-28-32-43(33-29-39)37-41(45)47-35-22-20-18-16-14-12-10-8-6-4-2/h26-33H,3-25,34-37H2,1-2H3/q+2. The largest absolute Gasteiger partial charge is 0.461 e. The van der Waals surface area contributed by atoms with Crippen LogP contribution in [0.5, 0.6) is 0 Å². The molecule has 0 amide bonds. The van der Waals surface area contributed by atoms with Crippen LogP contribution in [0.3, 0.4) is 0 Å². The first kappa shape index (κ1) is 40.4. The fourth-order valence-corrected chi connectivity index (χ4v) is 5.96. The van der Waals surface area contributed by atoms with Crippen LogP contribution in [0.15, 0.2) is 49.1 Å². The Morgan fingerprint density at radius 2 is 0.745 bits per heavy atom. The summed E-state index contributed by atoms with van der Waals surface area (Å²) in [7, 11) is 0. The molecule has 0 unspecified atom stereocenters. The normalized spacial score (nSPS) is 11.1. The number of aromatic nitrogens is 2. The number of rotatable bonds is 30. The molecule has 0 fully saturated rings. The Hall–Kier alpha value is -2.76. The van der Waals surface area contributed by atoms with Crippen LogP contribution in [0.2, 0.25) is 0 Å². The van der Waals surface area contributed by atoms with Crippen LogP contribution in [0.25, 0.3) is 0 Å². The average Bonchev–Trinajstić information content (AvgIpc) is 3.07. The van der Waals surface area contributed by atoms with E-state index in [1.807, 2.05) is 33.9 Å². The molecule has 0 saturated heterocycles. The number of ether oxygens (including phenoxy) is 2. The molecule has 2 rings (SSSR count). The molecule has 0 aliphatic carbocycles. The third-order valence-corrected chi connectivity index (χ3v) is 9.00. The van der Waals surface area contributed by atoms with Crippen LogP contribution in [0.4, 0.5) is 0 Å². The summed E-state index contributed by atoms with van der Waals surface area (Å²) in [6, 6.07) is 8.37. The number of hydrogen-bond acceptors (Lipinski definition) is 4. The van der Waals surface area contributed by atoms with Crippen molar-refractivity contribution in [3.05, 3.63) is 60.2 Å². The van der Waals surface area contributed by atoms with Crippen molar-refractivity contribution in [3.8, 4) is 0 Å². The fourth-order valence-electron chi connectivity index (χ4n) is 5.96. The average molecular weight is 653 g/mol. The van der Waals surface area contributed by atoms with Gasteiger partial charge in [-0.1, -0.05) is 129 Å². The minimum absolute atomic E-state index is 0.165. The Morgan fingerprint density at radius 1 is 0.447 bits per heavy atom. The van der Waals surface area contributed by atoms with Crippen LogP contribution in [0, 0.1) is 0 Å². The van der Waals surface area contributed by atoms with Gasteiger partial charge in [-0.3, -0.25) is 0 Å². The molecule has 6 nitrogen and oxygen atoms in total. The number of hydrogen-bond donors (Lipinski definition) is 0. The molecule has 2 aromatic heterocycles. The van der Waals surface area contributed by atoms with Gasteiger partial charge in [0, 0.05) is 24.3 Å². The second-order valence-corrected chi connectivity index (χ2v) is 13.4. The van der Waals surface area contributed by atoms with Crippen LogP contribution in [-0.2, 0) is 45.0 Å². The second kappa shape index (κ2) is 28.3. The Labute approximate surface area is 287 Å². The molecule has 2 aromatic rings. The molecule has 0 saturated carbocycles. The Morgan fingerprint density at radius 3 is 1.06 bits per heavy atom. The first-order chi connectivity index (χ1) is 23.1. The summed E-state index contributed by atoms with van der Waals surface area (Å²) in [6.07, 6.45) is 36.4. The molecule has 0 aliphatic heterocycles. The quantitative estimate of drug-likeness (QED) is 0.0479. The van der Waals surface area contributed by atoms with E-state index < -0.39 is 0 Å². The van der Waals surface area contributed by atoms with E-state index in [1.54, 1.807) is 0 Å². The zero-order chi connectivity index (χ0) is 33.6. The van der Waals surface area contributed by atoms with Crippen molar-refractivity contribution in [3.63, 3.8) is 0 Å². The van der Waals surface area contributed by atoms with E-state index in [1.165, 1.54) is 114 Å². The van der Waals surface area contributed by atoms with Crippen LogP contribution >= 0.6 is 0 Å². The zero-order valence-electron chi connectivity index (χ0n) is 30.2. The number of nitrogens with zero attached hydrogens (tertiary/aromatic N) is 2. The van der Waals surface area contributed by atoms with Gasteiger partial charge in [-0.2, -0.15) is 9.13 Å². The van der Waals surface area contributed by atoms with Gasteiger partial charge in [-0.25, -0.2) is 9.59 Å². The van der Waals surface area contributed by atoms with E-state index in [9.17, 15) is 9.59 Å². The SMILES string of the molecule is CCCCCCCCCCCCOC(=O)C[n+]1ccc(CCCc2cc[n+](CC(=O)OCCCCCCCCCCCC)cc2)cc1. The van der Waals surface area contributed by atoms with Crippen LogP contribution < -0.4 is 9.13 Å². The highest BCUT2D eigenvalue weighted by atomic mass is 16.5. The first-order valence-corrected chi connectivity index (χ1v) is 19.4. The summed E-state index contributed by atoms with van der Waals surface area (Å²) < 4.78 is 14.7. The molecule has 0 aromatic carbocycles. The Bertz CT molecular complexity index is 955. The van der Waals surface area contributed by atoms with Crippen molar-refractivity contribution in [1.82, 2.24) is 0 Å². The third-order valence-electron chi connectivity index (χ3n) is 9.00. The lowest BCUT2D eigenvalue weighted by Crippen LogP contribution is -2.38. The smallest absolute Gasteiger partial charge is 0.372 e. The lowest BCUT2D eigenvalue weighted by atomic mass is 10.1. The monoisotopic (exact) mass is 653 g/mol. The summed E-state index contributed by atoms with van der Waals surface area (Å²) >= 11 is 0. The van der Waals surface area contributed by atoms with Crippen LogP contribution in [-0.4, -0.2) is 25.2 Å². The Kier molecular flexibility index (Phi) is 24.3. The highest BCUT2D eigenvalue weighted by Gasteiger charge is 2.12. The van der Waals surface area contributed by atoms with Gasteiger partial charge >= 0.3 is 11.9 Å². The summed E-state index contributed by atoms with van der Waals surface area (Å²) in [4.78, 5) is 24.5. The van der Waals surface area contributed by atoms with E-state index >= 15 is 0 Å². The van der Waals surface area contributed by atoms with E-state index in [-0.39, 0.29) is 25.0 Å². The number of esters is 2. The molecule has 0 N–H and O–H groups in total. The molecule has 0 atom stereocenters. The summed E-state index contributed by atoms with van der Waals surface area (Å²) in [5.74, 6) is -0.329. The number of carbonyl (C=O) groups is 2. The third kappa shape index (κ3) is 22.4. The van der Waals surface area contributed by atoms with E-state index in [0.717, 1.165) is 44.9 Å². The molecule has 6 heteroatoms. The molecule has 264 valence electrons. The zero-order valence-corrected chi connectivity index (χ0v) is 30.2. The van der Waals surface area contributed by atoms with Crippen molar-refractivity contribution >= 4 is 11.9 Å². The maximum Gasteiger partial charge on any atom is 0.372 e. The number of carbonyl (C=O) groups excluding carboxylic acids is 2. The lowest BCUT2D eigenvalue weighted by Gasteiger charge is -2.05. The topological polar surface area (TPSA) is 60.4 Å². The summed E-state index contributed by atoms with van der Waals surface area (Å²) in [6.45, 7) is 6.08. The first-order valence-electron chi connectivity index (χ1n) is 19.4. The fraction of sp³-hybridized carbons (Fsp3) is 0.707. The minimum atomic E-state index is -0.165. The molecule has 0 bridgehead atoms. The number of unbranched alkanes of at least 4 members (excludes halogenated alkanes) is 18. The lowest BCUT2D eigenvalue weighted by molar-refractivity contribution is -0.686. The molecule has 0 spiro atoms. The predicted molar refractivity (Wildman–Crippen MR) is 191 cm³/mol. The van der Waals surface area contributed by atoms with E-state index in [4.69, 9.17) is 9.47 Å². The predicted octanol–water partition coefficient (Wildman–Crippen LogP) is 9.37. The molecule has 0 radical (unpaired) electrons. The minimum Gasteiger partial charge on any atom is -0.461 e. The van der Waals surface area contributed by atoms with Crippen molar-refractivity contribution in [1.29, 1.82) is 0 Å². The van der Waals surface area contributed by atoms with Gasteiger partial charge in [0.1, 0.15) is 0 Å². The van der Waals surface area contributed by atoms with Crippen molar-refractivity contribution in [2.24, 2.45) is 0 Å². The van der Waals surface area contributed by atoms with Gasteiger partial charge in [-0.05, 0) is 43.2 Å². The van der Waals surface area contributed by atoms with Crippen molar-refractivity contribution in [2.45, 2.75) is 175 Å². The highest BCUT2D eigenvalue weighted by molar-refractivity contribution is 5.67. The van der Waals surface area contributed by atoms with E-state index in [2.05, 4.69) is 38.1 Å². The number of aryl methyl sites for hydroxylation is 2. The maximum atomic E-state index is 12.2. The van der Waals surface area contributed by atoms with Crippen LogP contribution in [0.1, 0.15) is 160 Å². The van der Waals surface area contributed by atoms with E-state index in [0.29, 0.717) is 13.2 Å². The van der Waals surface area contributed by atoms with Gasteiger partial charge in [0.05, 0.1) is 13.2 Å². The molecule has 0 aliphatic rings. The number of pyridine rings is 2. The summed E-state index contributed by atoms with van der Waals surface area (Å²) in [5.41, 5.74) is 2.52.